The van der Waals surface area contributed by atoms with Crippen LogP contribution >= 0.6 is 23.2 Å². The third-order valence-electron chi connectivity index (χ3n) is 2.89. The van der Waals surface area contributed by atoms with Crippen molar-refractivity contribution in [2.45, 2.75) is 6.54 Å². The smallest absolute Gasteiger partial charge is 0.338 e. The van der Waals surface area contributed by atoms with Crippen molar-refractivity contribution in [2.24, 2.45) is 0 Å². The second-order valence-corrected chi connectivity index (χ2v) is 5.44. The molecule has 1 N–H and O–H groups in total. The Bertz CT molecular complexity index is 737. The molecule has 0 unspecified atom stereocenters. The molecule has 0 aromatic heterocycles. The summed E-state index contributed by atoms with van der Waals surface area (Å²) in [5.74, 6) is -1.61. The number of hydrogen-bond acceptors (Lipinski definition) is 3. The van der Waals surface area contributed by atoms with Crippen molar-refractivity contribution in [3.05, 3.63) is 69.5 Å². The number of carbonyl (C=O) groups is 2. The number of ether oxygens (including phenoxy) is 1. The Balaban J connectivity index is 1.82. The first kappa shape index (κ1) is 17.2. The van der Waals surface area contributed by atoms with Crippen molar-refractivity contribution in [1.29, 1.82) is 0 Å². The van der Waals surface area contributed by atoms with E-state index >= 15 is 0 Å². The number of benzene rings is 2. The Morgan fingerprint density at radius 3 is 2.61 bits per heavy atom. The summed E-state index contributed by atoms with van der Waals surface area (Å²) in [6, 6.07) is 10.1. The molecule has 0 spiro atoms. The Hall–Kier alpha value is -2.11. The molecule has 0 heterocycles. The summed E-state index contributed by atoms with van der Waals surface area (Å²) in [7, 11) is 0. The minimum Gasteiger partial charge on any atom is -0.452 e. The number of nitrogens with one attached hydrogen (secondary N) is 1. The van der Waals surface area contributed by atoms with Crippen LogP contribution in [0.15, 0.2) is 42.5 Å². The van der Waals surface area contributed by atoms with Crippen LogP contribution in [0, 0.1) is 5.82 Å². The maximum absolute atomic E-state index is 12.9. The summed E-state index contributed by atoms with van der Waals surface area (Å²) < 4.78 is 17.8. The number of hydrogen-bond donors (Lipinski definition) is 1. The molecule has 0 bridgehead atoms. The third kappa shape index (κ3) is 5.23. The van der Waals surface area contributed by atoms with E-state index < -0.39 is 24.3 Å². The third-order valence-corrected chi connectivity index (χ3v) is 3.47. The van der Waals surface area contributed by atoms with Gasteiger partial charge in [-0.1, -0.05) is 35.3 Å². The summed E-state index contributed by atoms with van der Waals surface area (Å²) >= 11 is 11.6. The maximum atomic E-state index is 12.9. The van der Waals surface area contributed by atoms with Crippen molar-refractivity contribution >= 4 is 35.1 Å². The van der Waals surface area contributed by atoms with E-state index in [9.17, 15) is 14.0 Å². The highest BCUT2D eigenvalue weighted by Gasteiger charge is 2.11. The van der Waals surface area contributed by atoms with Crippen LogP contribution in [0.1, 0.15) is 15.9 Å². The highest BCUT2D eigenvalue weighted by molar-refractivity contribution is 6.31. The quantitative estimate of drug-likeness (QED) is 0.833. The topological polar surface area (TPSA) is 55.4 Å². The van der Waals surface area contributed by atoms with E-state index in [2.05, 4.69) is 5.32 Å². The summed E-state index contributed by atoms with van der Waals surface area (Å²) in [5.41, 5.74) is 0.814. The van der Waals surface area contributed by atoms with E-state index in [1.807, 2.05) is 0 Å². The Morgan fingerprint density at radius 2 is 1.91 bits per heavy atom. The number of carbonyl (C=O) groups excluding carboxylic acids is 2. The van der Waals surface area contributed by atoms with Crippen molar-refractivity contribution < 1.29 is 18.7 Å². The lowest BCUT2D eigenvalue weighted by atomic mass is 10.2. The second kappa shape index (κ2) is 7.94. The molecule has 1 amide bonds. The number of amides is 1. The molecule has 2 aromatic rings. The molecule has 0 aliphatic heterocycles. The van der Waals surface area contributed by atoms with Gasteiger partial charge < -0.3 is 10.1 Å². The minimum absolute atomic E-state index is 0.104. The van der Waals surface area contributed by atoms with Gasteiger partial charge in [-0.2, -0.15) is 0 Å². The number of esters is 1. The van der Waals surface area contributed by atoms with Crippen LogP contribution in [0.3, 0.4) is 0 Å². The fourth-order valence-electron chi connectivity index (χ4n) is 1.74. The van der Waals surface area contributed by atoms with Gasteiger partial charge in [0.15, 0.2) is 6.61 Å². The van der Waals surface area contributed by atoms with E-state index in [1.165, 1.54) is 24.3 Å². The summed E-state index contributed by atoms with van der Waals surface area (Å²) in [4.78, 5) is 23.4. The van der Waals surface area contributed by atoms with Crippen molar-refractivity contribution in [1.82, 2.24) is 5.32 Å². The first-order valence-electron chi connectivity index (χ1n) is 6.59. The molecular weight excluding hydrogens is 344 g/mol. The summed E-state index contributed by atoms with van der Waals surface area (Å²) in [5, 5.41) is 3.14. The van der Waals surface area contributed by atoms with E-state index in [1.54, 1.807) is 12.1 Å². The number of rotatable bonds is 5. The fourth-order valence-corrected chi connectivity index (χ4v) is 2.16. The van der Waals surface area contributed by atoms with Crippen LogP contribution in [0.4, 0.5) is 4.39 Å². The largest absolute Gasteiger partial charge is 0.452 e. The molecule has 0 saturated heterocycles. The van der Waals surface area contributed by atoms with Crippen LogP contribution in [0.2, 0.25) is 10.0 Å². The highest BCUT2D eigenvalue weighted by Crippen LogP contribution is 2.16. The zero-order valence-electron chi connectivity index (χ0n) is 11.8. The van der Waals surface area contributed by atoms with Gasteiger partial charge in [0.2, 0.25) is 0 Å². The van der Waals surface area contributed by atoms with E-state index in [0.717, 1.165) is 6.07 Å². The van der Waals surface area contributed by atoms with Gasteiger partial charge in [-0.05, 0) is 35.9 Å². The lowest BCUT2D eigenvalue weighted by molar-refractivity contribution is -0.124. The highest BCUT2D eigenvalue weighted by atomic mass is 35.5. The molecule has 23 heavy (non-hydrogen) atoms. The molecule has 0 atom stereocenters. The zero-order valence-corrected chi connectivity index (χ0v) is 13.3. The first-order valence-corrected chi connectivity index (χ1v) is 7.34. The molecule has 0 saturated carbocycles. The van der Waals surface area contributed by atoms with Gasteiger partial charge in [-0.3, -0.25) is 4.79 Å². The van der Waals surface area contributed by atoms with Crippen LogP contribution < -0.4 is 5.32 Å². The zero-order chi connectivity index (χ0) is 16.8. The van der Waals surface area contributed by atoms with Crippen molar-refractivity contribution in [2.75, 3.05) is 6.61 Å². The summed E-state index contributed by atoms with van der Waals surface area (Å²) in [6.45, 7) is -0.336. The van der Waals surface area contributed by atoms with Gasteiger partial charge in [0, 0.05) is 16.6 Å². The molecular formula is C16H12Cl2FNO3. The van der Waals surface area contributed by atoms with E-state index in [4.69, 9.17) is 27.9 Å². The van der Waals surface area contributed by atoms with Crippen LogP contribution in [-0.4, -0.2) is 18.5 Å². The lowest BCUT2D eigenvalue weighted by Gasteiger charge is -2.08. The molecule has 0 aliphatic rings. The number of halogens is 3. The van der Waals surface area contributed by atoms with Crippen LogP contribution in [0.25, 0.3) is 0 Å². The first-order chi connectivity index (χ1) is 11.0. The van der Waals surface area contributed by atoms with E-state index in [0.29, 0.717) is 10.6 Å². The SMILES string of the molecule is O=C(COC(=O)c1cccc(Cl)c1)NCc1ccc(F)cc1Cl. The average molecular weight is 356 g/mol. The Kier molecular flexibility index (Phi) is 5.96. The standard InChI is InChI=1S/C16H12Cl2FNO3/c17-12-3-1-2-10(6-12)16(22)23-9-15(21)20-8-11-4-5-13(19)7-14(11)18/h1-7H,8-9H2,(H,20,21). The lowest BCUT2D eigenvalue weighted by Crippen LogP contribution is -2.28. The van der Waals surface area contributed by atoms with Gasteiger partial charge in [0.1, 0.15) is 5.82 Å². The van der Waals surface area contributed by atoms with Gasteiger partial charge in [0.25, 0.3) is 5.91 Å². The fraction of sp³-hybridized carbons (Fsp3) is 0.125. The van der Waals surface area contributed by atoms with Crippen LogP contribution in [0.5, 0.6) is 0 Å². The molecule has 120 valence electrons. The Labute approximate surface area is 142 Å². The monoisotopic (exact) mass is 355 g/mol. The molecule has 0 aliphatic carbocycles. The van der Waals surface area contributed by atoms with Crippen LogP contribution in [-0.2, 0) is 16.1 Å². The van der Waals surface area contributed by atoms with Crippen molar-refractivity contribution in [3.63, 3.8) is 0 Å². The predicted octanol–water partition coefficient (Wildman–Crippen LogP) is 3.61. The van der Waals surface area contributed by atoms with Crippen molar-refractivity contribution in [3.8, 4) is 0 Å². The van der Waals surface area contributed by atoms with E-state index in [-0.39, 0.29) is 17.1 Å². The minimum atomic E-state index is -0.650. The predicted molar refractivity (Wildman–Crippen MR) is 85.0 cm³/mol. The summed E-state index contributed by atoms with van der Waals surface area (Å²) in [6.07, 6.45) is 0. The molecule has 2 aromatic carbocycles. The Morgan fingerprint density at radius 1 is 1.13 bits per heavy atom. The molecule has 0 fully saturated rings. The molecule has 2 rings (SSSR count). The van der Waals surface area contributed by atoms with Gasteiger partial charge in [0.05, 0.1) is 5.56 Å². The normalized spacial score (nSPS) is 10.2. The molecule has 0 radical (unpaired) electrons. The van der Waals surface area contributed by atoms with Gasteiger partial charge >= 0.3 is 5.97 Å². The molecule has 4 nitrogen and oxygen atoms in total. The maximum Gasteiger partial charge on any atom is 0.338 e. The second-order valence-electron chi connectivity index (χ2n) is 4.60. The van der Waals surface area contributed by atoms with Gasteiger partial charge in [-0.25, -0.2) is 9.18 Å². The average Bonchev–Trinajstić information content (AvgIpc) is 2.51. The molecule has 7 heteroatoms. The van der Waals surface area contributed by atoms with Gasteiger partial charge in [-0.15, -0.1) is 0 Å².